The molecule has 2 aromatic heterocycles. The molecule has 0 radical (unpaired) electrons. The molecule has 0 aliphatic carbocycles. The van der Waals surface area contributed by atoms with Crippen molar-refractivity contribution in [3.63, 3.8) is 0 Å². The standard InChI is InChI=1S/C11H7ClN4O2S2/c12-10-4-1-7-5-8(2-3-9(7)14-10)20(17,18)15-11-6-13-16-19-11/h1-6,15H. The van der Waals surface area contributed by atoms with Gasteiger partial charge in [-0.25, -0.2) is 13.4 Å². The molecule has 0 amide bonds. The van der Waals surface area contributed by atoms with Gasteiger partial charge in [-0.1, -0.05) is 16.1 Å². The Bertz CT molecular complexity index is 865. The monoisotopic (exact) mass is 326 g/mol. The highest BCUT2D eigenvalue weighted by molar-refractivity contribution is 7.93. The van der Waals surface area contributed by atoms with Crippen LogP contribution < -0.4 is 4.72 Å². The van der Waals surface area contributed by atoms with E-state index in [1.54, 1.807) is 18.2 Å². The van der Waals surface area contributed by atoms with Crippen LogP contribution in [0.2, 0.25) is 5.15 Å². The Morgan fingerprint density at radius 2 is 2.05 bits per heavy atom. The molecule has 0 atom stereocenters. The predicted molar refractivity (Wildman–Crippen MR) is 77.5 cm³/mol. The maximum atomic E-state index is 12.2. The first-order chi connectivity index (χ1) is 9.54. The van der Waals surface area contributed by atoms with Gasteiger partial charge in [0.15, 0.2) is 0 Å². The molecule has 0 saturated heterocycles. The molecule has 9 heteroatoms. The number of fused-ring (bicyclic) bond motifs is 1. The molecule has 0 spiro atoms. The molecule has 0 fully saturated rings. The van der Waals surface area contributed by atoms with Crippen LogP contribution >= 0.6 is 23.1 Å². The van der Waals surface area contributed by atoms with Crippen LogP contribution in [0.1, 0.15) is 0 Å². The van der Waals surface area contributed by atoms with E-state index in [1.807, 2.05) is 0 Å². The van der Waals surface area contributed by atoms with E-state index in [2.05, 4.69) is 19.3 Å². The molecule has 3 rings (SSSR count). The van der Waals surface area contributed by atoms with Gasteiger partial charge in [-0.2, -0.15) is 0 Å². The number of nitrogens with zero attached hydrogens (tertiary/aromatic N) is 3. The number of halogens is 1. The topological polar surface area (TPSA) is 84.8 Å². The lowest BCUT2D eigenvalue weighted by Gasteiger charge is -2.06. The van der Waals surface area contributed by atoms with E-state index in [0.29, 0.717) is 21.1 Å². The van der Waals surface area contributed by atoms with E-state index in [0.717, 1.165) is 11.5 Å². The minimum atomic E-state index is -3.67. The number of sulfonamides is 1. The second-order valence-electron chi connectivity index (χ2n) is 3.88. The predicted octanol–water partition coefficient (Wildman–Crippen LogP) is 2.54. The van der Waals surface area contributed by atoms with Gasteiger partial charge >= 0.3 is 0 Å². The summed E-state index contributed by atoms with van der Waals surface area (Å²) in [5.74, 6) is 0. The van der Waals surface area contributed by atoms with E-state index in [4.69, 9.17) is 11.6 Å². The van der Waals surface area contributed by atoms with E-state index in [9.17, 15) is 8.42 Å². The third-order valence-corrected chi connectivity index (χ3v) is 4.82. The van der Waals surface area contributed by atoms with Gasteiger partial charge in [0.05, 0.1) is 16.6 Å². The van der Waals surface area contributed by atoms with Crippen LogP contribution in [0.25, 0.3) is 10.9 Å². The van der Waals surface area contributed by atoms with Gasteiger partial charge < -0.3 is 0 Å². The molecule has 0 bridgehead atoms. The summed E-state index contributed by atoms with van der Waals surface area (Å²) in [4.78, 5) is 4.25. The molecule has 102 valence electrons. The highest BCUT2D eigenvalue weighted by Crippen LogP contribution is 2.22. The summed E-state index contributed by atoms with van der Waals surface area (Å²) in [6.45, 7) is 0. The normalized spacial score (nSPS) is 11.7. The minimum Gasteiger partial charge on any atom is -0.268 e. The molecular weight excluding hydrogens is 320 g/mol. The van der Waals surface area contributed by atoms with E-state index >= 15 is 0 Å². The lowest BCUT2D eigenvalue weighted by molar-refractivity contribution is 0.601. The maximum absolute atomic E-state index is 12.2. The van der Waals surface area contributed by atoms with Crippen LogP contribution in [0, 0.1) is 0 Å². The average Bonchev–Trinajstić information content (AvgIpc) is 2.90. The molecule has 1 aromatic carbocycles. The van der Waals surface area contributed by atoms with Crippen molar-refractivity contribution >= 4 is 49.1 Å². The number of hydrogen-bond donors (Lipinski definition) is 1. The van der Waals surface area contributed by atoms with Crippen molar-refractivity contribution in [3.05, 3.63) is 41.7 Å². The van der Waals surface area contributed by atoms with Gasteiger partial charge in [0.1, 0.15) is 10.2 Å². The Balaban J connectivity index is 2.03. The van der Waals surface area contributed by atoms with Crippen molar-refractivity contribution in [3.8, 4) is 0 Å². The van der Waals surface area contributed by atoms with E-state index in [-0.39, 0.29) is 4.90 Å². The zero-order valence-electron chi connectivity index (χ0n) is 9.82. The number of hydrogen-bond acceptors (Lipinski definition) is 6. The number of nitrogens with one attached hydrogen (secondary N) is 1. The third kappa shape index (κ3) is 2.58. The van der Waals surface area contributed by atoms with Gasteiger partial charge in [0.2, 0.25) is 0 Å². The molecule has 20 heavy (non-hydrogen) atoms. The third-order valence-electron chi connectivity index (χ3n) is 2.53. The van der Waals surface area contributed by atoms with Crippen LogP contribution in [0.5, 0.6) is 0 Å². The van der Waals surface area contributed by atoms with Crippen molar-refractivity contribution in [2.24, 2.45) is 0 Å². The zero-order chi connectivity index (χ0) is 14.2. The second kappa shape index (κ2) is 4.97. The Labute approximate surface area is 123 Å². The molecular formula is C11H7ClN4O2S2. The lowest BCUT2D eigenvalue weighted by atomic mass is 10.2. The Kier molecular flexibility index (Phi) is 3.28. The Hall–Kier alpha value is -1.77. The first kappa shape index (κ1) is 13.2. The first-order valence-corrected chi connectivity index (χ1v) is 8.04. The maximum Gasteiger partial charge on any atom is 0.262 e. The molecule has 2 heterocycles. The summed E-state index contributed by atoms with van der Waals surface area (Å²) in [7, 11) is -3.67. The minimum absolute atomic E-state index is 0.141. The molecule has 0 aliphatic rings. The summed E-state index contributed by atoms with van der Waals surface area (Å²) in [6, 6.07) is 7.96. The fourth-order valence-corrected chi connectivity index (χ4v) is 3.52. The van der Waals surface area contributed by atoms with Gasteiger partial charge in [0.25, 0.3) is 10.0 Å². The highest BCUT2D eigenvalue weighted by atomic mass is 35.5. The number of benzene rings is 1. The number of rotatable bonds is 3. The highest BCUT2D eigenvalue weighted by Gasteiger charge is 2.16. The summed E-state index contributed by atoms with van der Waals surface area (Å²) in [6.07, 6.45) is 1.35. The zero-order valence-corrected chi connectivity index (χ0v) is 12.2. The number of pyridine rings is 1. The van der Waals surface area contributed by atoms with Crippen molar-refractivity contribution < 1.29 is 8.42 Å². The molecule has 0 unspecified atom stereocenters. The van der Waals surface area contributed by atoms with Gasteiger partial charge in [-0.05, 0) is 30.3 Å². The van der Waals surface area contributed by atoms with Crippen LogP contribution in [0.3, 0.4) is 0 Å². The van der Waals surface area contributed by atoms with Gasteiger partial charge in [-0.3, -0.25) is 4.72 Å². The van der Waals surface area contributed by atoms with Crippen LogP contribution in [0.4, 0.5) is 5.00 Å². The summed E-state index contributed by atoms with van der Waals surface area (Å²) in [5, 5.41) is 4.99. The lowest BCUT2D eigenvalue weighted by Crippen LogP contribution is -2.11. The molecule has 1 N–H and O–H groups in total. The van der Waals surface area contributed by atoms with E-state index < -0.39 is 10.0 Å². The molecule has 0 aliphatic heterocycles. The Morgan fingerprint density at radius 3 is 2.80 bits per heavy atom. The average molecular weight is 327 g/mol. The van der Waals surface area contributed by atoms with Crippen LogP contribution in [-0.2, 0) is 10.0 Å². The summed E-state index contributed by atoms with van der Waals surface area (Å²) < 4.78 is 30.4. The van der Waals surface area contributed by atoms with Crippen molar-refractivity contribution in [2.75, 3.05) is 4.72 Å². The van der Waals surface area contributed by atoms with Crippen LogP contribution in [0.15, 0.2) is 41.4 Å². The molecule has 0 saturated carbocycles. The smallest absolute Gasteiger partial charge is 0.262 e. The largest absolute Gasteiger partial charge is 0.268 e. The van der Waals surface area contributed by atoms with E-state index in [1.165, 1.54) is 18.3 Å². The SMILES string of the molecule is O=S(=O)(Nc1cnns1)c1ccc2nc(Cl)ccc2c1. The van der Waals surface area contributed by atoms with Crippen LogP contribution in [-0.4, -0.2) is 23.0 Å². The second-order valence-corrected chi connectivity index (χ2v) is 6.73. The molecule has 6 nitrogen and oxygen atoms in total. The quantitative estimate of drug-likeness (QED) is 0.748. The fourth-order valence-electron chi connectivity index (χ4n) is 1.65. The summed E-state index contributed by atoms with van der Waals surface area (Å²) >= 11 is 6.76. The number of aromatic nitrogens is 3. The Morgan fingerprint density at radius 1 is 1.20 bits per heavy atom. The summed E-state index contributed by atoms with van der Waals surface area (Å²) in [5.41, 5.74) is 0.635. The van der Waals surface area contributed by atoms with Crippen molar-refractivity contribution in [1.82, 2.24) is 14.6 Å². The van der Waals surface area contributed by atoms with Gasteiger partial charge in [-0.15, -0.1) is 5.10 Å². The van der Waals surface area contributed by atoms with Crippen molar-refractivity contribution in [2.45, 2.75) is 4.90 Å². The van der Waals surface area contributed by atoms with Crippen molar-refractivity contribution in [1.29, 1.82) is 0 Å². The molecule has 3 aromatic rings. The fraction of sp³-hybridized carbons (Fsp3) is 0. The first-order valence-electron chi connectivity index (χ1n) is 5.41. The number of anilines is 1. The van der Waals surface area contributed by atoms with Gasteiger partial charge in [0, 0.05) is 16.9 Å².